The number of methoxy groups -OCH3 is 2. The Morgan fingerprint density at radius 1 is 0.929 bits per heavy atom. The highest BCUT2D eigenvalue weighted by molar-refractivity contribution is 7.80. The lowest BCUT2D eigenvalue weighted by atomic mass is 10.1. The molecule has 0 aliphatic carbocycles. The van der Waals surface area contributed by atoms with E-state index in [1.807, 2.05) is 18.2 Å². The highest BCUT2D eigenvalue weighted by atomic mass is 32.1. The van der Waals surface area contributed by atoms with E-state index in [-0.39, 0.29) is 0 Å². The Balaban J connectivity index is 2.07. The largest absolute Gasteiger partial charge is 0.493 e. The summed E-state index contributed by atoms with van der Waals surface area (Å²) in [7, 11) is 3.23. The first-order chi connectivity index (χ1) is 13.7. The summed E-state index contributed by atoms with van der Waals surface area (Å²) < 4.78 is 10.5. The fourth-order valence-electron chi connectivity index (χ4n) is 2.95. The molecule has 0 aliphatic rings. The van der Waals surface area contributed by atoms with Crippen LogP contribution in [0.5, 0.6) is 11.5 Å². The van der Waals surface area contributed by atoms with Crippen molar-refractivity contribution in [3.63, 3.8) is 0 Å². The number of hydrogen-bond donors (Lipinski definition) is 2. The summed E-state index contributed by atoms with van der Waals surface area (Å²) in [6.07, 6.45) is 15.0. The summed E-state index contributed by atoms with van der Waals surface area (Å²) >= 11 is 5.25. The lowest BCUT2D eigenvalue weighted by Crippen LogP contribution is -2.32. The highest BCUT2D eigenvalue weighted by Gasteiger charge is 2.03. The van der Waals surface area contributed by atoms with Crippen LogP contribution in [0.2, 0.25) is 0 Å². The van der Waals surface area contributed by atoms with Crippen LogP contribution in [0, 0.1) is 0 Å². The van der Waals surface area contributed by atoms with Gasteiger partial charge in [0.2, 0.25) is 0 Å². The standard InChI is InChI=1S/C22H37N3O2S/c1-4-5-6-7-8-9-10-11-12-13-16-23-22(28)25-24-18-19-14-15-20(26-2)21(17-19)27-3/h14-15,17-18H,4-13,16H2,1-3H3,(H2,23,25,28). The molecular formula is C22H37N3O2S. The zero-order valence-corrected chi connectivity index (χ0v) is 18.6. The molecule has 1 aromatic rings. The lowest BCUT2D eigenvalue weighted by Gasteiger charge is -2.08. The van der Waals surface area contributed by atoms with Crippen molar-refractivity contribution in [1.29, 1.82) is 0 Å². The van der Waals surface area contributed by atoms with E-state index in [1.54, 1.807) is 20.4 Å². The quantitative estimate of drug-likeness (QED) is 0.176. The van der Waals surface area contributed by atoms with Crippen molar-refractivity contribution in [2.75, 3.05) is 20.8 Å². The van der Waals surface area contributed by atoms with E-state index in [2.05, 4.69) is 22.8 Å². The summed E-state index contributed by atoms with van der Waals surface area (Å²) in [5.41, 5.74) is 3.76. The average molecular weight is 408 g/mol. The van der Waals surface area contributed by atoms with Gasteiger partial charge in [0.1, 0.15) is 0 Å². The maximum Gasteiger partial charge on any atom is 0.186 e. The van der Waals surface area contributed by atoms with Crippen LogP contribution in [0.25, 0.3) is 0 Å². The Kier molecular flexibility index (Phi) is 14.0. The third-order valence-corrected chi connectivity index (χ3v) is 4.84. The van der Waals surface area contributed by atoms with Gasteiger partial charge in [-0.3, -0.25) is 5.43 Å². The third kappa shape index (κ3) is 11.1. The zero-order valence-electron chi connectivity index (χ0n) is 17.8. The maximum absolute atomic E-state index is 5.28. The fourth-order valence-corrected chi connectivity index (χ4v) is 3.11. The Bertz CT molecular complexity index is 579. The van der Waals surface area contributed by atoms with E-state index in [9.17, 15) is 0 Å². The second-order valence-corrected chi connectivity index (χ2v) is 7.33. The minimum absolute atomic E-state index is 0.549. The third-order valence-electron chi connectivity index (χ3n) is 4.60. The molecule has 0 radical (unpaired) electrons. The molecule has 0 unspecified atom stereocenters. The summed E-state index contributed by atoms with van der Waals surface area (Å²) in [5.74, 6) is 1.37. The Morgan fingerprint density at radius 3 is 2.14 bits per heavy atom. The molecule has 0 aliphatic heterocycles. The smallest absolute Gasteiger partial charge is 0.186 e. The SMILES string of the molecule is CCCCCCCCCCCCNC(=S)NN=Cc1ccc(OC)c(OC)c1. The zero-order chi connectivity index (χ0) is 20.5. The second kappa shape index (κ2) is 16.2. The van der Waals surface area contributed by atoms with Crippen molar-refractivity contribution in [1.82, 2.24) is 10.7 Å². The van der Waals surface area contributed by atoms with Gasteiger partial charge in [-0.05, 0) is 42.4 Å². The van der Waals surface area contributed by atoms with Crippen LogP contribution < -0.4 is 20.2 Å². The first-order valence-electron chi connectivity index (χ1n) is 10.5. The number of nitrogens with one attached hydrogen (secondary N) is 2. The van der Waals surface area contributed by atoms with E-state index in [1.165, 1.54) is 57.8 Å². The Hall–Kier alpha value is -1.82. The molecule has 2 N–H and O–H groups in total. The van der Waals surface area contributed by atoms with Crippen LogP contribution in [0.3, 0.4) is 0 Å². The average Bonchev–Trinajstić information content (AvgIpc) is 2.71. The predicted octanol–water partition coefficient (Wildman–Crippen LogP) is 5.42. The molecule has 158 valence electrons. The van der Waals surface area contributed by atoms with E-state index >= 15 is 0 Å². The summed E-state index contributed by atoms with van der Waals surface area (Å²) in [6.45, 7) is 3.15. The fraction of sp³-hybridized carbons (Fsp3) is 0.636. The van der Waals surface area contributed by atoms with Gasteiger partial charge < -0.3 is 14.8 Å². The molecular weight excluding hydrogens is 370 g/mol. The number of thiocarbonyl (C=S) groups is 1. The van der Waals surface area contributed by atoms with E-state index < -0.39 is 0 Å². The van der Waals surface area contributed by atoms with Gasteiger partial charge in [0.05, 0.1) is 20.4 Å². The van der Waals surface area contributed by atoms with Gasteiger partial charge in [0.15, 0.2) is 16.6 Å². The molecule has 0 atom stereocenters. The molecule has 5 nitrogen and oxygen atoms in total. The highest BCUT2D eigenvalue weighted by Crippen LogP contribution is 2.26. The Labute approximate surface area is 176 Å². The molecule has 0 bridgehead atoms. The van der Waals surface area contributed by atoms with E-state index in [4.69, 9.17) is 21.7 Å². The normalized spacial score (nSPS) is 10.8. The molecule has 0 saturated heterocycles. The summed E-state index contributed by atoms with van der Waals surface area (Å²) in [5, 5.41) is 7.91. The van der Waals surface area contributed by atoms with E-state index in [0.717, 1.165) is 18.5 Å². The number of rotatable bonds is 15. The molecule has 0 fully saturated rings. The van der Waals surface area contributed by atoms with Crippen molar-refractivity contribution in [2.45, 2.75) is 71.1 Å². The van der Waals surface area contributed by atoms with Crippen LogP contribution in [0.4, 0.5) is 0 Å². The number of unbranched alkanes of at least 4 members (excludes halogenated alkanes) is 9. The second-order valence-electron chi connectivity index (χ2n) is 6.92. The lowest BCUT2D eigenvalue weighted by molar-refractivity contribution is 0.355. The number of nitrogens with zero attached hydrogens (tertiary/aromatic N) is 1. The first kappa shape index (κ1) is 24.2. The molecule has 28 heavy (non-hydrogen) atoms. The number of benzene rings is 1. The molecule has 0 heterocycles. The number of hydrogen-bond acceptors (Lipinski definition) is 4. The van der Waals surface area contributed by atoms with Crippen molar-refractivity contribution < 1.29 is 9.47 Å². The van der Waals surface area contributed by atoms with Crippen LogP contribution in [0.15, 0.2) is 23.3 Å². The van der Waals surface area contributed by atoms with E-state index in [0.29, 0.717) is 16.6 Å². The van der Waals surface area contributed by atoms with Crippen LogP contribution in [-0.4, -0.2) is 32.1 Å². The van der Waals surface area contributed by atoms with Gasteiger partial charge in [-0.25, -0.2) is 0 Å². The van der Waals surface area contributed by atoms with Crippen molar-refractivity contribution in [3.05, 3.63) is 23.8 Å². The minimum Gasteiger partial charge on any atom is -0.493 e. The number of hydrazone groups is 1. The Morgan fingerprint density at radius 2 is 1.54 bits per heavy atom. The summed E-state index contributed by atoms with van der Waals surface area (Å²) in [4.78, 5) is 0. The van der Waals surface area contributed by atoms with Gasteiger partial charge in [0, 0.05) is 6.54 Å². The molecule has 0 saturated carbocycles. The molecule has 0 spiro atoms. The van der Waals surface area contributed by atoms with Gasteiger partial charge in [0.25, 0.3) is 0 Å². The predicted molar refractivity (Wildman–Crippen MR) is 123 cm³/mol. The monoisotopic (exact) mass is 407 g/mol. The summed E-state index contributed by atoms with van der Waals surface area (Å²) in [6, 6.07) is 5.62. The molecule has 6 heteroatoms. The topological polar surface area (TPSA) is 54.9 Å². The molecule has 1 rings (SSSR count). The minimum atomic E-state index is 0.549. The van der Waals surface area contributed by atoms with Crippen LogP contribution in [0.1, 0.15) is 76.7 Å². The van der Waals surface area contributed by atoms with Crippen LogP contribution in [-0.2, 0) is 0 Å². The first-order valence-corrected chi connectivity index (χ1v) is 10.9. The van der Waals surface area contributed by atoms with Crippen molar-refractivity contribution in [3.8, 4) is 11.5 Å². The molecule has 1 aromatic carbocycles. The van der Waals surface area contributed by atoms with Gasteiger partial charge >= 0.3 is 0 Å². The van der Waals surface area contributed by atoms with Gasteiger partial charge in [-0.2, -0.15) is 5.10 Å². The van der Waals surface area contributed by atoms with Crippen molar-refractivity contribution in [2.24, 2.45) is 5.10 Å². The van der Waals surface area contributed by atoms with Crippen LogP contribution >= 0.6 is 12.2 Å². The van der Waals surface area contributed by atoms with Gasteiger partial charge in [-0.1, -0.05) is 64.7 Å². The number of ether oxygens (including phenoxy) is 2. The molecule has 0 aromatic heterocycles. The maximum atomic E-state index is 5.28. The van der Waals surface area contributed by atoms with Gasteiger partial charge in [-0.15, -0.1) is 0 Å². The van der Waals surface area contributed by atoms with Crippen molar-refractivity contribution >= 4 is 23.5 Å². The molecule has 0 amide bonds.